The normalized spacial score (nSPS) is 10.7. The number of nitriles is 2. The van der Waals surface area contributed by atoms with Crippen molar-refractivity contribution in [2.75, 3.05) is 0 Å². The largest absolute Gasteiger partial charge is 0.275 e. The maximum Gasteiger partial charge on any atom is 0.124 e. The van der Waals surface area contributed by atoms with Crippen LogP contribution in [0.25, 0.3) is 16.6 Å². The van der Waals surface area contributed by atoms with Gasteiger partial charge in [-0.15, -0.1) is 0 Å². The van der Waals surface area contributed by atoms with E-state index >= 15 is 0 Å². The van der Waals surface area contributed by atoms with Gasteiger partial charge in [-0.3, -0.25) is 4.68 Å². The SMILES string of the molecule is Cn1cc(-c2cc(Sc3ccc(F)cc3C#N)c3c(C#N)cnn3c2)cn1. The first-order chi connectivity index (χ1) is 13.1. The summed E-state index contributed by atoms with van der Waals surface area (Å²) in [7, 11) is 1.83. The summed E-state index contributed by atoms with van der Waals surface area (Å²) in [6, 6.07) is 10.2. The molecule has 0 fully saturated rings. The van der Waals surface area contributed by atoms with Gasteiger partial charge in [0.1, 0.15) is 18.0 Å². The van der Waals surface area contributed by atoms with Crippen LogP contribution in [0.15, 0.2) is 58.8 Å². The molecule has 0 N–H and O–H groups in total. The van der Waals surface area contributed by atoms with Crippen LogP contribution in [0.5, 0.6) is 0 Å². The van der Waals surface area contributed by atoms with Gasteiger partial charge in [-0.05, 0) is 24.3 Å². The van der Waals surface area contributed by atoms with Crippen LogP contribution in [0.2, 0.25) is 0 Å². The number of fused-ring (bicyclic) bond motifs is 1. The topological polar surface area (TPSA) is 82.7 Å². The molecule has 4 rings (SSSR count). The fourth-order valence-electron chi connectivity index (χ4n) is 2.77. The molecule has 0 aliphatic rings. The lowest BCUT2D eigenvalue weighted by Gasteiger charge is -2.09. The Hall–Kier alpha value is -3.62. The van der Waals surface area contributed by atoms with Crippen molar-refractivity contribution in [2.45, 2.75) is 9.79 Å². The predicted molar refractivity (Wildman–Crippen MR) is 97.3 cm³/mol. The predicted octanol–water partition coefficient (Wildman–Crippen LogP) is 3.77. The van der Waals surface area contributed by atoms with Crippen LogP contribution in [0, 0.1) is 28.5 Å². The van der Waals surface area contributed by atoms with Gasteiger partial charge in [0.05, 0.1) is 29.0 Å². The Kier molecular flexibility index (Phi) is 4.11. The van der Waals surface area contributed by atoms with Crippen LogP contribution < -0.4 is 0 Å². The van der Waals surface area contributed by atoms with Crippen LogP contribution in [-0.2, 0) is 7.05 Å². The molecule has 0 saturated carbocycles. The molecule has 27 heavy (non-hydrogen) atoms. The maximum atomic E-state index is 13.5. The first-order valence-electron chi connectivity index (χ1n) is 7.87. The van der Waals surface area contributed by atoms with Crippen molar-refractivity contribution >= 4 is 17.3 Å². The number of pyridine rings is 1. The first kappa shape index (κ1) is 16.8. The molecule has 0 atom stereocenters. The molecule has 0 bridgehead atoms. The zero-order valence-electron chi connectivity index (χ0n) is 14.1. The van der Waals surface area contributed by atoms with E-state index in [0.29, 0.717) is 16.0 Å². The van der Waals surface area contributed by atoms with E-state index in [0.717, 1.165) is 16.0 Å². The van der Waals surface area contributed by atoms with E-state index in [1.165, 1.54) is 30.1 Å². The van der Waals surface area contributed by atoms with Crippen molar-refractivity contribution in [3.63, 3.8) is 0 Å². The summed E-state index contributed by atoms with van der Waals surface area (Å²) in [4.78, 5) is 1.35. The molecule has 0 aliphatic heterocycles. The quantitative estimate of drug-likeness (QED) is 0.545. The Morgan fingerprint density at radius 2 is 1.78 bits per heavy atom. The van der Waals surface area contributed by atoms with Gasteiger partial charge in [0.2, 0.25) is 0 Å². The summed E-state index contributed by atoms with van der Waals surface area (Å²) in [6.45, 7) is 0. The number of halogens is 1. The molecule has 130 valence electrons. The number of rotatable bonds is 3. The zero-order valence-corrected chi connectivity index (χ0v) is 14.9. The van der Waals surface area contributed by atoms with Gasteiger partial charge in [-0.2, -0.15) is 20.7 Å². The number of aryl methyl sites for hydroxylation is 1. The first-order valence-corrected chi connectivity index (χ1v) is 8.68. The van der Waals surface area contributed by atoms with Crippen molar-refractivity contribution in [1.82, 2.24) is 19.4 Å². The molecule has 4 aromatic rings. The highest BCUT2D eigenvalue weighted by Gasteiger charge is 2.15. The minimum Gasteiger partial charge on any atom is -0.275 e. The second kappa shape index (κ2) is 6.60. The smallest absolute Gasteiger partial charge is 0.124 e. The Labute approximate surface area is 158 Å². The Morgan fingerprint density at radius 3 is 2.48 bits per heavy atom. The minimum absolute atomic E-state index is 0.239. The van der Waals surface area contributed by atoms with Gasteiger partial charge in [0.25, 0.3) is 0 Å². The van der Waals surface area contributed by atoms with Gasteiger partial charge in [0, 0.05) is 40.4 Å². The molecule has 3 aromatic heterocycles. The van der Waals surface area contributed by atoms with E-state index in [4.69, 9.17) is 0 Å². The van der Waals surface area contributed by atoms with Gasteiger partial charge in [0.15, 0.2) is 0 Å². The van der Waals surface area contributed by atoms with Gasteiger partial charge in [-0.1, -0.05) is 11.8 Å². The Balaban J connectivity index is 1.91. The summed E-state index contributed by atoms with van der Waals surface area (Å²) >= 11 is 1.30. The lowest BCUT2D eigenvalue weighted by molar-refractivity contribution is 0.626. The molecule has 3 heterocycles. The number of nitrogens with zero attached hydrogens (tertiary/aromatic N) is 6. The number of benzene rings is 1. The van der Waals surface area contributed by atoms with E-state index < -0.39 is 5.82 Å². The summed E-state index contributed by atoms with van der Waals surface area (Å²) in [5.74, 6) is -0.466. The Bertz CT molecular complexity index is 1260. The van der Waals surface area contributed by atoms with Gasteiger partial charge in [-0.25, -0.2) is 8.91 Å². The number of aromatic nitrogens is 4. The number of hydrogen-bond donors (Lipinski definition) is 0. The average molecular weight is 374 g/mol. The summed E-state index contributed by atoms with van der Waals surface area (Å²) < 4.78 is 16.8. The highest BCUT2D eigenvalue weighted by Crippen LogP contribution is 2.37. The molecular formula is C19H11FN6S. The molecule has 0 unspecified atom stereocenters. The molecule has 0 amide bonds. The molecule has 8 heteroatoms. The number of hydrogen-bond acceptors (Lipinski definition) is 5. The van der Waals surface area contributed by atoms with Crippen molar-refractivity contribution in [1.29, 1.82) is 10.5 Å². The van der Waals surface area contributed by atoms with Crippen molar-refractivity contribution in [3.8, 4) is 23.3 Å². The van der Waals surface area contributed by atoms with Crippen molar-refractivity contribution < 1.29 is 4.39 Å². The van der Waals surface area contributed by atoms with E-state index in [1.54, 1.807) is 21.5 Å². The van der Waals surface area contributed by atoms with Crippen molar-refractivity contribution in [2.24, 2.45) is 7.05 Å². The van der Waals surface area contributed by atoms with E-state index in [1.807, 2.05) is 31.6 Å². The maximum absolute atomic E-state index is 13.5. The molecule has 0 radical (unpaired) electrons. The molecule has 0 saturated heterocycles. The highest BCUT2D eigenvalue weighted by molar-refractivity contribution is 7.99. The third-order valence-electron chi connectivity index (χ3n) is 4.02. The Morgan fingerprint density at radius 1 is 0.963 bits per heavy atom. The second-order valence-electron chi connectivity index (χ2n) is 5.81. The lowest BCUT2D eigenvalue weighted by atomic mass is 10.1. The van der Waals surface area contributed by atoms with Crippen LogP contribution in [0.3, 0.4) is 0 Å². The lowest BCUT2D eigenvalue weighted by Crippen LogP contribution is -1.93. The van der Waals surface area contributed by atoms with Gasteiger partial charge >= 0.3 is 0 Å². The molecule has 1 aromatic carbocycles. The second-order valence-corrected chi connectivity index (χ2v) is 6.90. The fourth-order valence-corrected chi connectivity index (χ4v) is 3.84. The standard InChI is InChI=1S/C19H11FN6S/c1-25-10-15(9-23-25)13-5-18(19-14(7-22)8-24-26(19)11-13)27-17-3-2-16(20)4-12(17)6-21/h2-5,8-11H,1H3. The van der Waals surface area contributed by atoms with Crippen molar-refractivity contribution in [3.05, 3.63) is 66.0 Å². The fraction of sp³-hybridized carbons (Fsp3) is 0.0526. The van der Waals surface area contributed by atoms with Crippen LogP contribution in [0.4, 0.5) is 4.39 Å². The van der Waals surface area contributed by atoms with Gasteiger partial charge < -0.3 is 0 Å². The summed E-state index contributed by atoms with van der Waals surface area (Å²) in [6.07, 6.45) is 6.95. The minimum atomic E-state index is -0.466. The molecule has 0 spiro atoms. The third-order valence-corrected chi connectivity index (χ3v) is 5.12. The highest BCUT2D eigenvalue weighted by atomic mass is 32.2. The van der Waals surface area contributed by atoms with Crippen LogP contribution in [-0.4, -0.2) is 19.4 Å². The monoisotopic (exact) mass is 374 g/mol. The van der Waals surface area contributed by atoms with E-state index in [2.05, 4.69) is 16.3 Å². The van der Waals surface area contributed by atoms with Crippen LogP contribution in [0.1, 0.15) is 11.1 Å². The summed E-state index contributed by atoms with van der Waals surface area (Å²) in [5, 5.41) is 27.2. The average Bonchev–Trinajstić information content (AvgIpc) is 3.29. The van der Waals surface area contributed by atoms with Crippen LogP contribution >= 0.6 is 11.8 Å². The molecule has 0 aliphatic carbocycles. The van der Waals surface area contributed by atoms with E-state index in [-0.39, 0.29) is 5.56 Å². The zero-order chi connectivity index (χ0) is 19.0. The molecule has 6 nitrogen and oxygen atoms in total. The third kappa shape index (κ3) is 3.03. The van der Waals surface area contributed by atoms with E-state index in [9.17, 15) is 14.9 Å². The molecular weight excluding hydrogens is 363 g/mol. The summed E-state index contributed by atoms with van der Waals surface area (Å²) in [5.41, 5.74) is 3.07.